The monoisotopic (exact) mass is 335 g/mol. The molecule has 0 spiro atoms. The van der Waals surface area contributed by atoms with Crippen molar-refractivity contribution in [3.05, 3.63) is 33.7 Å². The number of aryl methyl sites for hydroxylation is 1. The first-order valence-corrected chi connectivity index (χ1v) is 8.56. The molecular formula is C17H21NO2S2. The molecule has 3 nitrogen and oxygen atoms in total. The molecule has 1 aliphatic heterocycles. The fourth-order valence-corrected chi connectivity index (χ4v) is 3.45. The highest BCUT2D eigenvalue weighted by Gasteiger charge is 2.24. The van der Waals surface area contributed by atoms with E-state index in [1.54, 1.807) is 0 Å². The first-order chi connectivity index (χ1) is 10.2. The molecule has 1 heterocycles. The number of thioether (sulfide) groups is 1. The third-order valence-corrected chi connectivity index (χ3v) is 4.64. The van der Waals surface area contributed by atoms with Gasteiger partial charge >= 0.3 is 0 Å². The molecule has 1 fully saturated rings. The predicted octanol–water partition coefficient (Wildman–Crippen LogP) is 4.13. The SMILES string of the molecule is CCCc1cc(/C=C2\SC(=S)NC2=O)cc(C(C)(C)C)c1O. The predicted molar refractivity (Wildman–Crippen MR) is 97.1 cm³/mol. The fourth-order valence-electron chi connectivity index (χ4n) is 2.41. The Labute approximate surface area is 141 Å². The molecule has 2 rings (SSSR count). The molecule has 1 amide bonds. The number of phenols is 1. The van der Waals surface area contributed by atoms with Crippen LogP contribution in [0.25, 0.3) is 6.08 Å². The first-order valence-electron chi connectivity index (χ1n) is 7.33. The van der Waals surface area contributed by atoms with Crippen molar-refractivity contribution in [3.8, 4) is 5.75 Å². The molecule has 1 aliphatic rings. The van der Waals surface area contributed by atoms with E-state index in [9.17, 15) is 9.90 Å². The number of hydrogen-bond acceptors (Lipinski definition) is 4. The van der Waals surface area contributed by atoms with E-state index in [1.807, 2.05) is 18.2 Å². The number of carbonyl (C=O) groups excluding carboxylic acids is 1. The van der Waals surface area contributed by atoms with Gasteiger partial charge in [-0.05, 0) is 41.2 Å². The minimum atomic E-state index is -0.165. The van der Waals surface area contributed by atoms with E-state index >= 15 is 0 Å². The summed E-state index contributed by atoms with van der Waals surface area (Å²) in [4.78, 5) is 12.4. The first kappa shape index (κ1) is 17.0. The van der Waals surface area contributed by atoms with Gasteiger partial charge in [-0.3, -0.25) is 4.79 Å². The van der Waals surface area contributed by atoms with E-state index in [2.05, 4.69) is 33.0 Å². The van der Waals surface area contributed by atoms with Gasteiger partial charge in [0.05, 0.1) is 4.91 Å². The van der Waals surface area contributed by atoms with Crippen molar-refractivity contribution in [2.45, 2.75) is 46.0 Å². The van der Waals surface area contributed by atoms with Gasteiger partial charge in [0.15, 0.2) is 0 Å². The van der Waals surface area contributed by atoms with Crippen molar-refractivity contribution >= 4 is 40.3 Å². The zero-order chi connectivity index (χ0) is 16.5. The van der Waals surface area contributed by atoms with Crippen LogP contribution in [0.1, 0.15) is 50.8 Å². The van der Waals surface area contributed by atoms with Crippen LogP contribution in [0.2, 0.25) is 0 Å². The van der Waals surface area contributed by atoms with E-state index in [0.717, 1.165) is 29.5 Å². The summed E-state index contributed by atoms with van der Waals surface area (Å²) in [5.74, 6) is 0.216. The number of phenolic OH excluding ortho intramolecular Hbond substituents is 1. The van der Waals surface area contributed by atoms with Crippen molar-refractivity contribution < 1.29 is 9.90 Å². The highest BCUT2D eigenvalue weighted by molar-refractivity contribution is 8.26. The van der Waals surface area contributed by atoms with E-state index in [4.69, 9.17) is 12.2 Å². The van der Waals surface area contributed by atoms with Gasteiger partial charge < -0.3 is 10.4 Å². The van der Waals surface area contributed by atoms with Crippen LogP contribution in [-0.2, 0) is 16.6 Å². The standard InChI is InChI=1S/C17H21NO2S2/c1-5-6-11-7-10(8-12(14(11)19)17(2,3)4)9-13-15(20)18-16(21)22-13/h7-9,19H,5-6H2,1-4H3,(H,18,20,21)/b13-9-. The van der Waals surface area contributed by atoms with E-state index < -0.39 is 0 Å². The lowest BCUT2D eigenvalue weighted by atomic mass is 9.83. The molecule has 0 bridgehead atoms. The van der Waals surface area contributed by atoms with Crippen LogP contribution in [0.15, 0.2) is 17.0 Å². The Hall–Kier alpha value is -1.33. The van der Waals surface area contributed by atoms with Crippen molar-refractivity contribution in [1.29, 1.82) is 0 Å². The average molecular weight is 335 g/mol. The number of thiocarbonyl (C=S) groups is 1. The van der Waals surface area contributed by atoms with Crippen molar-refractivity contribution in [3.63, 3.8) is 0 Å². The van der Waals surface area contributed by atoms with Crippen molar-refractivity contribution in [2.24, 2.45) is 0 Å². The number of carbonyl (C=O) groups is 1. The molecular weight excluding hydrogens is 314 g/mol. The second-order valence-electron chi connectivity index (χ2n) is 6.43. The maximum Gasteiger partial charge on any atom is 0.263 e. The lowest BCUT2D eigenvalue weighted by Gasteiger charge is -2.23. The lowest BCUT2D eigenvalue weighted by Crippen LogP contribution is -2.17. The number of aromatic hydroxyl groups is 1. The molecule has 5 heteroatoms. The van der Waals surface area contributed by atoms with Crippen LogP contribution >= 0.6 is 24.0 Å². The Morgan fingerprint density at radius 2 is 2.05 bits per heavy atom. The molecule has 1 aromatic rings. The van der Waals surface area contributed by atoms with Gasteiger partial charge in [0.25, 0.3) is 5.91 Å². The van der Waals surface area contributed by atoms with Gasteiger partial charge in [-0.25, -0.2) is 0 Å². The molecule has 2 N–H and O–H groups in total. The molecule has 0 atom stereocenters. The van der Waals surface area contributed by atoms with Crippen LogP contribution in [-0.4, -0.2) is 15.3 Å². The van der Waals surface area contributed by atoms with Crippen LogP contribution in [0.3, 0.4) is 0 Å². The maximum atomic E-state index is 11.8. The minimum Gasteiger partial charge on any atom is -0.507 e. The van der Waals surface area contributed by atoms with Crippen LogP contribution in [0.4, 0.5) is 0 Å². The second kappa shape index (κ2) is 6.42. The van der Waals surface area contributed by atoms with Gasteiger partial charge in [-0.2, -0.15) is 0 Å². The minimum absolute atomic E-state index is 0.155. The molecule has 0 radical (unpaired) electrons. The Kier molecular flexibility index (Phi) is 4.97. The fraction of sp³-hybridized carbons (Fsp3) is 0.412. The molecule has 1 saturated heterocycles. The Morgan fingerprint density at radius 1 is 1.36 bits per heavy atom. The smallest absolute Gasteiger partial charge is 0.263 e. The summed E-state index contributed by atoms with van der Waals surface area (Å²) in [5, 5.41) is 13.1. The molecule has 0 aromatic heterocycles. The summed E-state index contributed by atoms with van der Waals surface area (Å²) in [5.41, 5.74) is 2.58. The van der Waals surface area contributed by atoms with Crippen LogP contribution < -0.4 is 5.32 Å². The van der Waals surface area contributed by atoms with Crippen molar-refractivity contribution in [1.82, 2.24) is 5.32 Å². The van der Waals surface area contributed by atoms with Crippen molar-refractivity contribution in [2.75, 3.05) is 0 Å². The van der Waals surface area contributed by atoms with E-state index in [0.29, 0.717) is 15.0 Å². The quantitative estimate of drug-likeness (QED) is 0.644. The molecule has 1 aromatic carbocycles. The van der Waals surface area contributed by atoms with Gasteiger partial charge in [0.1, 0.15) is 10.1 Å². The lowest BCUT2D eigenvalue weighted by molar-refractivity contribution is -0.115. The largest absolute Gasteiger partial charge is 0.507 e. The Morgan fingerprint density at radius 3 is 2.55 bits per heavy atom. The summed E-state index contributed by atoms with van der Waals surface area (Å²) in [7, 11) is 0. The summed E-state index contributed by atoms with van der Waals surface area (Å²) in [6, 6.07) is 3.91. The molecule has 118 valence electrons. The Balaban J connectivity index is 2.52. The highest BCUT2D eigenvalue weighted by Crippen LogP contribution is 2.36. The second-order valence-corrected chi connectivity index (χ2v) is 8.15. The molecule has 0 saturated carbocycles. The van der Waals surface area contributed by atoms with E-state index in [-0.39, 0.29) is 11.3 Å². The van der Waals surface area contributed by atoms with Gasteiger partial charge in [0.2, 0.25) is 0 Å². The number of rotatable bonds is 3. The highest BCUT2D eigenvalue weighted by atomic mass is 32.2. The number of hydrogen-bond donors (Lipinski definition) is 2. The topological polar surface area (TPSA) is 49.3 Å². The molecule has 0 unspecified atom stereocenters. The zero-order valence-electron chi connectivity index (χ0n) is 13.3. The zero-order valence-corrected chi connectivity index (χ0v) is 15.0. The molecule has 22 heavy (non-hydrogen) atoms. The number of amides is 1. The molecule has 0 aliphatic carbocycles. The maximum absolute atomic E-state index is 11.8. The van der Waals surface area contributed by atoms with Crippen LogP contribution in [0.5, 0.6) is 5.75 Å². The number of benzene rings is 1. The summed E-state index contributed by atoms with van der Waals surface area (Å²) in [6.45, 7) is 8.29. The Bertz CT molecular complexity index is 657. The normalized spacial score (nSPS) is 17.2. The third-order valence-electron chi connectivity index (χ3n) is 3.48. The van der Waals surface area contributed by atoms with Crippen LogP contribution in [0, 0.1) is 0 Å². The van der Waals surface area contributed by atoms with Gasteiger partial charge in [-0.15, -0.1) is 0 Å². The third kappa shape index (κ3) is 3.70. The summed E-state index contributed by atoms with van der Waals surface area (Å²) >= 11 is 6.29. The average Bonchev–Trinajstić information content (AvgIpc) is 2.70. The van der Waals surface area contributed by atoms with Gasteiger partial charge in [-0.1, -0.05) is 58.1 Å². The summed E-state index contributed by atoms with van der Waals surface area (Å²) in [6.07, 6.45) is 3.60. The van der Waals surface area contributed by atoms with Gasteiger partial charge in [0, 0.05) is 5.56 Å². The van der Waals surface area contributed by atoms with E-state index in [1.165, 1.54) is 11.8 Å². The summed E-state index contributed by atoms with van der Waals surface area (Å²) < 4.78 is 0.486. The number of nitrogens with one attached hydrogen (secondary N) is 1.